The fourth-order valence-electron chi connectivity index (χ4n) is 2.72. The Balaban J connectivity index is 1.83. The minimum absolute atomic E-state index is 0.193. The van der Waals surface area contributed by atoms with Crippen LogP contribution >= 0.6 is 0 Å². The zero-order chi connectivity index (χ0) is 19.6. The quantitative estimate of drug-likeness (QED) is 0.566. The summed E-state index contributed by atoms with van der Waals surface area (Å²) in [6.07, 6.45) is 3.62. The molecule has 1 aromatic carbocycles. The van der Waals surface area contributed by atoms with Gasteiger partial charge in [0.1, 0.15) is 11.9 Å². The van der Waals surface area contributed by atoms with Crippen molar-refractivity contribution >= 4 is 5.91 Å². The predicted molar refractivity (Wildman–Crippen MR) is 95.6 cm³/mol. The minimum atomic E-state index is -0.663. The summed E-state index contributed by atoms with van der Waals surface area (Å²) in [4.78, 5) is 16.5. The fraction of sp³-hybridized carbons (Fsp3) is 0.150. The average Bonchev–Trinajstić information content (AvgIpc) is 2.61. The van der Waals surface area contributed by atoms with Crippen molar-refractivity contribution in [1.82, 2.24) is 10.3 Å². The molecule has 3 aromatic rings. The molecule has 2 heterocycles. The Kier molecular flexibility index (Phi) is 5.12. The molecule has 3 rings (SSSR count). The minimum Gasteiger partial charge on any atom is -0.618 e. The topological polar surface area (TPSA) is 68.9 Å². The van der Waals surface area contributed by atoms with Crippen LogP contribution in [-0.4, -0.2) is 10.9 Å². The van der Waals surface area contributed by atoms with Gasteiger partial charge in [0.25, 0.3) is 5.91 Å². The molecule has 0 aliphatic rings. The molecule has 0 aliphatic heterocycles. The normalized spacial score (nSPS) is 11.9. The highest BCUT2D eigenvalue weighted by atomic mass is 19.1. The van der Waals surface area contributed by atoms with E-state index in [0.717, 1.165) is 17.8 Å². The molecule has 1 atom stereocenters. The predicted octanol–water partition coefficient (Wildman–Crippen LogP) is 3.46. The van der Waals surface area contributed by atoms with Gasteiger partial charge in [0.05, 0.1) is 5.56 Å². The van der Waals surface area contributed by atoms with Crippen molar-refractivity contribution in [3.63, 3.8) is 0 Å². The van der Waals surface area contributed by atoms with Crippen LogP contribution in [0.2, 0.25) is 0 Å². The van der Waals surface area contributed by atoms with E-state index >= 15 is 0 Å². The summed E-state index contributed by atoms with van der Waals surface area (Å²) in [6, 6.07) is 8.14. The van der Waals surface area contributed by atoms with Crippen molar-refractivity contribution in [3.8, 4) is 11.1 Å². The number of carbonyl (C=O) groups excluding carboxylic acids is 1. The van der Waals surface area contributed by atoms with Gasteiger partial charge in [0.2, 0.25) is 11.9 Å². The van der Waals surface area contributed by atoms with Gasteiger partial charge in [0, 0.05) is 29.6 Å². The van der Waals surface area contributed by atoms with Gasteiger partial charge < -0.3 is 10.5 Å². The Morgan fingerprint density at radius 3 is 2.67 bits per heavy atom. The molecule has 0 unspecified atom stereocenters. The summed E-state index contributed by atoms with van der Waals surface area (Å²) in [6.45, 7) is 3.39. The SMILES string of the molecule is Cc1ccc(-c2cncc(C(=O)N[C@H](C)c3ccc(F)c[n+]3[O-])c2)c(F)c1. The highest BCUT2D eigenvalue weighted by Crippen LogP contribution is 2.24. The van der Waals surface area contributed by atoms with Gasteiger partial charge >= 0.3 is 0 Å². The number of aryl methyl sites for hydroxylation is 1. The highest BCUT2D eigenvalue weighted by molar-refractivity contribution is 5.95. The lowest BCUT2D eigenvalue weighted by atomic mass is 10.0. The van der Waals surface area contributed by atoms with Gasteiger partial charge in [-0.15, -0.1) is 0 Å². The number of hydrogen-bond acceptors (Lipinski definition) is 3. The second-order valence-corrected chi connectivity index (χ2v) is 6.24. The molecule has 0 saturated heterocycles. The highest BCUT2D eigenvalue weighted by Gasteiger charge is 2.19. The third kappa shape index (κ3) is 4.08. The van der Waals surface area contributed by atoms with E-state index in [2.05, 4.69) is 10.3 Å². The van der Waals surface area contributed by atoms with Crippen molar-refractivity contribution in [2.45, 2.75) is 19.9 Å². The Morgan fingerprint density at radius 2 is 1.96 bits per heavy atom. The lowest BCUT2D eigenvalue weighted by Crippen LogP contribution is -2.38. The lowest BCUT2D eigenvalue weighted by Gasteiger charge is -2.14. The number of rotatable bonds is 4. The molecule has 0 saturated carbocycles. The molecule has 0 bridgehead atoms. The van der Waals surface area contributed by atoms with Crippen LogP contribution in [0.15, 0.2) is 55.0 Å². The number of nitrogens with one attached hydrogen (secondary N) is 1. The lowest BCUT2D eigenvalue weighted by molar-refractivity contribution is -0.617. The molecule has 1 amide bonds. The molecule has 2 aromatic heterocycles. The first-order valence-electron chi connectivity index (χ1n) is 8.26. The summed E-state index contributed by atoms with van der Waals surface area (Å²) >= 11 is 0. The molecule has 1 N–H and O–H groups in total. The van der Waals surface area contributed by atoms with Crippen molar-refractivity contribution < 1.29 is 18.3 Å². The Hall–Kier alpha value is -3.35. The Bertz CT molecular complexity index is 1010. The molecule has 0 spiro atoms. The number of nitrogens with zero attached hydrogens (tertiary/aromatic N) is 2. The van der Waals surface area contributed by atoms with Gasteiger partial charge in [-0.1, -0.05) is 12.1 Å². The van der Waals surface area contributed by atoms with E-state index in [9.17, 15) is 18.8 Å². The molecule has 0 radical (unpaired) electrons. The van der Waals surface area contributed by atoms with Gasteiger partial charge in [-0.2, -0.15) is 4.73 Å². The van der Waals surface area contributed by atoms with Crippen LogP contribution < -0.4 is 10.0 Å². The maximum atomic E-state index is 14.2. The van der Waals surface area contributed by atoms with Crippen molar-refractivity contribution in [2.75, 3.05) is 0 Å². The molecule has 7 heteroatoms. The first kappa shape index (κ1) is 18.4. The van der Waals surface area contributed by atoms with E-state index in [4.69, 9.17) is 0 Å². The number of carbonyl (C=O) groups is 1. The van der Waals surface area contributed by atoms with E-state index < -0.39 is 23.6 Å². The van der Waals surface area contributed by atoms with Gasteiger partial charge in [0.15, 0.2) is 5.82 Å². The van der Waals surface area contributed by atoms with Crippen molar-refractivity contribution in [3.05, 3.63) is 88.7 Å². The van der Waals surface area contributed by atoms with Crippen LogP contribution in [-0.2, 0) is 0 Å². The number of benzene rings is 1. The van der Waals surface area contributed by atoms with Gasteiger partial charge in [-0.25, -0.2) is 8.78 Å². The van der Waals surface area contributed by atoms with E-state index in [-0.39, 0.29) is 11.3 Å². The van der Waals surface area contributed by atoms with E-state index in [1.54, 1.807) is 26.0 Å². The van der Waals surface area contributed by atoms with Crippen LogP contribution in [0.25, 0.3) is 11.1 Å². The molecule has 0 aliphatic carbocycles. The summed E-state index contributed by atoms with van der Waals surface area (Å²) in [5, 5.41) is 14.4. The van der Waals surface area contributed by atoms with Crippen molar-refractivity contribution in [2.24, 2.45) is 0 Å². The molecule has 27 heavy (non-hydrogen) atoms. The summed E-state index contributed by atoms with van der Waals surface area (Å²) in [5.74, 6) is -1.54. The Labute approximate surface area is 154 Å². The van der Waals surface area contributed by atoms with E-state index in [1.165, 1.54) is 30.6 Å². The largest absolute Gasteiger partial charge is 0.618 e. The summed E-state index contributed by atoms with van der Waals surface area (Å²) < 4.78 is 27.6. The number of pyridine rings is 2. The maximum Gasteiger partial charge on any atom is 0.253 e. The number of halogens is 2. The molecule has 0 fully saturated rings. The van der Waals surface area contributed by atoms with Gasteiger partial charge in [-0.3, -0.25) is 9.78 Å². The third-order valence-corrected chi connectivity index (χ3v) is 4.14. The second-order valence-electron chi connectivity index (χ2n) is 6.24. The monoisotopic (exact) mass is 369 g/mol. The average molecular weight is 369 g/mol. The van der Waals surface area contributed by atoms with Crippen LogP contribution in [0.3, 0.4) is 0 Å². The molecular weight excluding hydrogens is 352 g/mol. The second kappa shape index (κ2) is 7.49. The number of amides is 1. The Morgan fingerprint density at radius 1 is 1.19 bits per heavy atom. The van der Waals surface area contributed by atoms with Crippen LogP contribution in [0.5, 0.6) is 0 Å². The zero-order valence-electron chi connectivity index (χ0n) is 14.7. The zero-order valence-corrected chi connectivity index (χ0v) is 14.7. The molecule has 138 valence electrons. The number of aromatic nitrogens is 2. The third-order valence-electron chi connectivity index (χ3n) is 4.14. The van der Waals surface area contributed by atoms with Crippen LogP contribution in [0, 0.1) is 23.8 Å². The fourth-order valence-corrected chi connectivity index (χ4v) is 2.72. The maximum absolute atomic E-state index is 14.2. The first-order valence-corrected chi connectivity index (χ1v) is 8.26. The smallest absolute Gasteiger partial charge is 0.253 e. The van der Waals surface area contributed by atoms with E-state index in [0.29, 0.717) is 15.9 Å². The summed E-state index contributed by atoms with van der Waals surface area (Å²) in [5.41, 5.74) is 2.01. The molecular formula is C20H17F2N3O2. The van der Waals surface area contributed by atoms with Crippen molar-refractivity contribution in [1.29, 1.82) is 0 Å². The van der Waals surface area contributed by atoms with Gasteiger partial charge in [-0.05, 0) is 37.6 Å². The van der Waals surface area contributed by atoms with Crippen LogP contribution in [0.1, 0.15) is 34.6 Å². The number of hydrogen-bond donors (Lipinski definition) is 1. The van der Waals surface area contributed by atoms with E-state index in [1.807, 2.05) is 0 Å². The first-order chi connectivity index (χ1) is 12.8. The molecule has 5 nitrogen and oxygen atoms in total. The summed E-state index contributed by atoms with van der Waals surface area (Å²) in [7, 11) is 0. The standard InChI is InChI=1S/C20H17F2N3O2/c1-12-3-5-17(18(22)7-12)14-8-15(10-23-9-14)20(26)24-13(2)19-6-4-16(21)11-25(19)27/h3-11,13H,1-2H3,(H,24,26)/t13-/m1/s1. The van der Waals surface area contributed by atoms with Crippen LogP contribution in [0.4, 0.5) is 8.78 Å².